The summed E-state index contributed by atoms with van der Waals surface area (Å²) >= 11 is 0. The number of nitrogens with zero attached hydrogens (tertiary/aromatic N) is 2. The van der Waals surface area contributed by atoms with Gasteiger partial charge in [-0.2, -0.15) is 0 Å². The normalized spacial score (nSPS) is 11.4. The summed E-state index contributed by atoms with van der Waals surface area (Å²) in [7, 11) is 0. The highest BCUT2D eigenvalue weighted by Crippen LogP contribution is 2.52. The molecule has 330 valence electrons. The Morgan fingerprint density at radius 3 is 0.957 bits per heavy atom. The molecule has 0 aliphatic carbocycles. The maximum atomic E-state index is 6.92. The molecule has 11 aromatic carbocycles. The highest BCUT2D eigenvalue weighted by molar-refractivity contribution is 6.13. The highest BCUT2D eigenvalue weighted by Gasteiger charge is 2.28. The smallest absolute Gasteiger partial charge is 0.159 e. The van der Waals surface area contributed by atoms with Crippen LogP contribution in [0.4, 0.5) is 34.1 Å². The van der Waals surface area contributed by atoms with Crippen LogP contribution in [0.1, 0.15) is 0 Å². The van der Waals surface area contributed by atoms with Crippen LogP contribution in [-0.4, -0.2) is 0 Å². The average Bonchev–Trinajstić information content (AvgIpc) is 4.02. The zero-order chi connectivity index (χ0) is 46.4. The minimum atomic E-state index is 0.809. The van der Waals surface area contributed by atoms with E-state index in [2.05, 4.69) is 265 Å². The molecule has 70 heavy (non-hydrogen) atoms. The summed E-state index contributed by atoms with van der Waals surface area (Å²) in [6, 6.07) is 94.8. The number of benzene rings is 11. The van der Waals surface area contributed by atoms with Crippen molar-refractivity contribution in [1.82, 2.24) is 0 Å². The van der Waals surface area contributed by atoms with Gasteiger partial charge in [-0.25, -0.2) is 0 Å². The van der Waals surface area contributed by atoms with Crippen molar-refractivity contribution >= 4 is 78.0 Å². The van der Waals surface area contributed by atoms with Gasteiger partial charge in [0, 0.05) is 44.0 Å². The van der Waals surface area contributed by atoms with Gasteiger partial charge < -0.3 is 18.6 Å². The quantitative estimate of drug-likeness (QED) is 0.137. The van der Waals surface area contributed by atoms with Crippen LogP contribution < -0.4 is 9.80 Å². The van der Waals surface area contributed by atoms with Crippen LogP contribution >= 0.6 is 0 Å². The fraction of sp³-hybridized carbons (Fsp3) is 0. The van der Waals surface area contributed by atoms with Crippen molar-refractivity contribution < 1.29 is 8.83 Å². The summed E-state index contributed by atoms with van der Waals surface area (Å²) in [4.78, 5) is 4.77. The molecule has 0 amide bonds. The Morgan fingerprint density at radius 1 is 0.229 bits per heavy atom. The van der Waals surface area contributed by atoms with E-state index in [1.807, 2.05) is 12.1 Å². The topological polar surface area (TPSA) is 32.8 Å². The fourth-order valence-corrected chi connectivity index (χ4v) is 10.1. The first-order valence-electron chi connectivity index (χ1n) is 23.7. The number of rotatable bonds is 10. The Morgan fingerprint density at radius 2 is 0.557 bits per heavy atom. The summed E-state index contributed by atoms with van der Waals surface area (Å²) in [5.74, 6) is 0. The number of hydrogen-bond acceptors (Lipinski definition) is 4. The lowest BCUT2D eigenvalue weighted by Crippen LogP contribution is -2.15. The monoisotopic (exact) mass is 896 g/mol. The largest absolute Gasteiger partial charge is 0.454 e. The fourth-order valence-electron chi connectivity index (χ4n) is 10.1. The molecule has 4 heteroatoms. The van der Waals surface area contributed by atoms with E-state index in [0.29, 0.717) is 0 Å². The van der Waals surface area contributed by atoms with Gasteiger partial charge in [-0.15, -0.1) is 0 Å². The number of hydrogen-bond donors (Lipinski definition) is 0. The summed E-state index contributed by atoms with van der Waals surface area (Å²) in [6.07, 6.45) is 0. The molecule has 13 aromatic rings. The maximum Gasteiger partial charge on any atom is 0.159 e. The predicted molar refractivity (Wildman–Crippen MR) is 292 cm³/mol. The zero-order valence-electron chi connectivity index (χ0n) is 38.1. The maximum absolute atomic E-state index is 6.92. The van der Waals surface area contributed by atoms with Gasteiger partial charge >= 0.3 is 0 Å². The Hall–Kier alpha value is -9.38. The van der Waals surface area contributed by atoms with E-state index in [1.54, 1.807) is 0 Å². The lowest BCUT2D eigenvalue weighted by molar-refractivity contribution is 0.669. The van der Waals surface area contributed by atoms with E-state index in [0.717, 1.165) is 123 Å². The second-order valence-corrected chi connectivity index (χ2v) is 17.6. The molecule has 0 saturated carbocycles. The molecule has 0 bridgehead atoms. The molecule has 0 saturated heterocycles. The lowest BCUT2D eigenvalue weighted by atomic mass is 9.93. The van der Waals surface area contributed by atoms with Gasteiger partial charge in [0.15, 0.2) is 11.2 Å². The summed E-state index contributed by atoms with van der Waals surface area (Å²) in [6.45, 7) is 0. The van der Waals surface area contributed by atoms with E-state index in [1.165, 1.54) is 0 Å². The Balaban J connectivity index is 1.14. The molecule has 0 aliphatic heterocycles. The second-order valence-electron chi connectivity index (χ2n) is 17.6. The van der Waals surface area contributed by atoms with Crippen molar-refractivity contribution in [2.75, 3.05) is 9.80 Å². The van der Waals surface area contributed by atoms with E-state index in [-0.39, 0.29) is 0 Å². The summed E-state index contributed by atoms with van der Waals surface area (Å²) in [5.41, 5.74) is 18.0. The van der Waals surface area contributed by atoms with Gasteiger partial charge in [0.25, 0.3) is 0 Å². The molecule has 0 atom stereocenters. The lowest BCUT2D eigenvalue weighted by Gasteiger charge is -2.33. The highest BCUT2D eigenvalue weighted by atomic mass is 16.3. The third kappa shape index (κ3) is 7.18. The zero-order valence-corrected chi connectivity index (χ0v) is 38.1. The predicted octanol–water partition coefficient (Wildman–Crippen LogP) is 19.1. The van der Waals surface area contributed by atoms with Gasteiger partial charge in [-0.05, 0) is 94.0 Å². The van der Waals surface area contributed by atoms with E-state index < -0.39 is 0 Å². The third-order valence-corrected chi connectivity index (χ3v) is 13.5. The van der Waals surface area contributed by atoms with Crippen LogP contribution in [0.5, 0.6) is 0 Å². The van der Waals surface area contributed by atoms with Crippen LogP contribution in [0, 0.1) is 0 Å². The van der Waals surface area contributed by atoms with Crippen LogP contribution in [-0.2, 0) is 0 Å². The average molecular weight is 897 g/mol. The molecular weight excluding hydrogens is 853 g/mol. The molecule has 0 aliphatic rings. The molecule has 2 aromatic heterocycles. The standard InChI is InChI=1S/C66H44N2O2/c1-5-19-45(20-6-1)47-35-39-51(40-36-47)67(59-31-17-29-55-53-27-13-15-33-63(53)69-65(55)59)61-44-62(58(50-25-11-4-12-26-50)43-57(61)49-23-9-3-10-24-49)68(52-41-37-48(38-42-52)46-21-7-2-8-22-46)60-32-18-30-56-54-28-14-16-34-64(54)70-66(56)60/h1-44H. The van der Waals surface area contributed by atoms with Gasteiger partial charge in [0.1, 0.15) is 11.2 Å². The molecule has 2 heterocycles. The van der Waals surface area contributed by atoms with Crippen molar-refractivity contribution in [2.24, 2.45) is 0 Å². The van der Waals surface area contributed by atoms with Gasteiger partial charge in [0.2, 0.25) is 0 Å². The van der Waals surface area contributed by atoms with Crippen molar-refractivity contribution in [3.63, 3.8) is 0 Å². The molecule has 0 radical (unpaired) electrons. The van der Waals surface area contributed by atoms with Crippen molar-refractivity contribution in [3.8, 4) is 44.5 Å². The Kier molecular flexibility index (Phi) is 10.1. The van der Waals surface area contributed by atoms with E-state index in [4.69, 9.17) is 8.83 Å². The van der Waals surface area contributed by atoms with E-state index in [9.17, 15) is 0 Å². The number of para-hydroxylation sites is 4. The number of furan rings is 2. The van der Waals surface area contributed by atoms with Gasteiger partial charge in [0.05, 0.1) is 22.7 Å². The molecule has 13 rings (SSSR count). The van der Waals surface area contributed by atoms with Crippen molar-refractivity contribution in [1.29, 1.82) is 0 Å². The molecular formula is C66H44N2O2. The SMILES string of the molecule is c1ccc(-c2ccc(N(c3cc(N(c4ccc(-c5ccccc5)cc4)c4cccc5c4oc4ccccc45)c(-c4ccccc4)cc3-c3ccccc3)c3cccc4c3oc3ccccc34)cc2)cc1. The minimum Gasteiger partial charge on any atom is -0.454 e. The first kappa shape index (κ1) is 40.9. The first-order chi connectivity index (χ1) is 34.7. The van der Waals surface area contributed by atoms with Gasteiger partial charge in [-0.3, -0.25) is 0 Å². The van der Waals surface area contributed by atoms with Crippen LogP contribution in [0.3, 0.4) is 0 Å². The van der Waals surface area contributed by atoms with Crippen LogP contribution in [0.15, 0.2) is 276 Å². The molecule has 0 spiro atoms. The van der Waals surface area contributed by atoms with Crippen molar-refractivity contribution in [3.05, 3.63) is 267 Å². The Bertz CT molecular complexity index is 3720. The summed E-state index contributed by atoms with van der Waals surface area (Å²) < 4.78 is 13.8. The minimum absolute atomic E-state index is 0.809. The Labute approximate surface area is 406 Å². The van der Waals surface area contributed by atoms with Gasteiger partial charge in [-0.1, -0.05) is 206 Å². The second kappa shape index (κ2) is 17.4. The van der Waals surface area contributed by atoms with Crippen molar-refractivity contribution in [2.45, 2.75) is 0 Å². The molecule has 0 N–H and O–H groups in total. The third-order valence-electron chi connectivity index (χ3n) is 13.5. The van der Waals surface area contributed by atoms with Crippen LogP contribution in [0.2, 0.25) is 0 Å². The number of anilines is 6. The molecule has 0 fully saturated rings. The number of fused-ring (bicyclic) bond motifs is 6. The molecule has 0 unspecified atom stereocenters. The molecule has 4 nitrogen and oxygen atoms in total. The first-order valence-corrected chi connectivity index (χ1v) is 23.7. The van der Waals surface area contributed by atoms with Crippen LogP contribution in [0.25, 0.3) is 88.4 Å². The van der Waals surface area contributed by atoms with E-state index >= 15 is 0 Å². The summed E-state index contributed by atoms with van der Waals surface area (Å²) in [5, 5.41) is 4.26.